The fraction of sp³-hybridized carbons (Fsp3) is 0.700. The van der Waals surface area contributed by atoms with Crippen LogP contribution in [0.25, 0.3) is 0 Å². The third-order valence-electron chi connectivity index (χ3n) is 6.14. The Morgan fingerprint density at radius 3 is 2.33 bits per heavy atom. The molecular formula is C20H31NO3. The van der Waals surface area contributed by atoms with Crippen molar-refractivity contribution in [3.63, 3.8) is 0 Å². The van der Waals surface area contributed by atoms with Gasteiger partial charge in [0.2, 0.25) is 0 Å². The number of aliphatic hydroxyl groups is 2. The van der Waals surface area contributed by atoms with E-state index in [1.807, 2.05) is 6.07 Å². The Morgan fingerprint density at radius 1 is 1.04 bits per heavy atom. The van der Waals surface area contributed by atoms with Crippen LogP contribution in [0, 0.1) is 0 Å². The second kappa shape index (κ2) is 7.96. The molecule has 4 heteroatoms. The monoisotopic (exact) mass is 333 g/mol. The van der Waals surface area contributed by atoms with E-state index in [0.29, 0.717) is 6.42 Å². The molecule has 134 valence electrons. The topological polar surface area (TPSA) is 52.9 Å². The summed E-state index contributed by atoms with van der Waals surface area (Å²) >= 11 is 0. The second-order valence-electron chi connectivity index (χ2n) is 7.36. The van der Waals surface area contributed by atoms with Gasteiger partial charge in [0.05, 0.1) is 18.8 Å². The number of hydrogen-bond acceptors (Lipinski definition) is 4. The Balaban J connectivity index is 1.88. The smallest absolute Gasteiger partial charge is 0.0745 e. The van der Waals surface area contributed by atoms with Gasteiger partial charge in [-0.05, 0) is 37.8 Å². The first kappa shape index (κ1) is 17.9. The Labute approximate surface area is 145 Å². The van der Waals surface area contributed by atoms with Gasteiger partial charge in [-0.15, -0.1) is 0 Å². The predicted molar refractivity (Wildman–Crippen MR) is 95.1 cm³/mol. The van der Waals surface area contributed by atoms with E-state index >= 15 is 0 Å². The number of rotatable bonds is 7. The molecule has 1 aliphatic heterocycles. The van der Waals surface area contributed by atoms with Crippen LogP contribution in [0.15, 0.2) is 30.3 Å². The zero-order valence-electron chi connectivity index (χ0n) is 14.6. The van der Waals surface area contributed by atoms with Crippen LogP contribution in [-0.4, -0.2) is 60.2 Å². The van der Waals surface area contributed by atoms with Crippen LogP contribution >= 0.6 is 0 Å². The molecule has 24 heavy (non-hydrogen) atoms. The van der Waals surface area contributed by atoms with Crippen molar-refractivity contribution in [2.45, 2.75) is 49.5 Å². The zero-order chi connectivity index (χ0) is 16.9. The summed E-state index contributed by atoms with van der Waals surface area (Å²) in [6.07, 6.45) is 5.34. The van der Waals surface area contributed by atoms with E-state index in [1.54, 1.807) is 0 Å². The summed E-state index contributed by atoms with van der Waals surface area (Å²) in [5, 5.41) is 21.4. The van der Waals surface area contributed by atoms with E-state index in [-0.39, 0.29) is 12.0 Å². The van der Waals surface area contributed by atoms with Gasteiger partial charge in [0.25, 0.3) is 0 Å². The normalized spacial score (nSPS) is 23.9. The lowest BCUT2D eigenvalue weighted by Crippen LogP contribution is -2.52. The highest BCUT2D eigenvalue weighted by atomic mass is 16.5. The van der Waals surface area contributed by atoms with E-state index in [9.17, 15) is 10.2 Å². The first-order valence-corrected chi connectivity index (χ1v) is 9.39. The average Bonchev–Trinajstić information content (AvgIpc) is 3.08. The number of ether oxygens (including phenoxy) is 1. The summed E-state index contributed by atoms with van der Waals surface area (Å²) in [6, 6.07) is 10.4. The largest absolute Gasteiger partial charge is 0.396 e. The van der Waals surface area contributed by atoms with Crippen molar-refractivity contribution >= 4 is 0 Å². The third kappa shape index (κ3) is 3.52. The fourth-order valence-electron chi connectivity index (χ4n) is 4.71. The van der Waals surface area contributed by atoms with Gasteiger partial charge in [-0.25, -0.2) is 0 Å². The quantitative estimate of drug-likeness (QED) is 0.804. The number of nitrogens with zero attached hydrogens (tertiary/aromatic N) is 1. The maximum absolute atomic E-state index is 11.6. The van der Waals surface area contributed by atoms with E-state index in [2.05, 4.69) is 29.2 Å². The molecule has 0 aromatic heterocycles. The molecule has 0 radical (unpaired) electrons. The molecule has 0 amide bonds. The van der Waals surface area contributed by atoms with E-state index in [0.717, 1.165) is 65.0 Å². The lowest BCUT2D eigenvalue weighted by Gasteiger charge is -2.47. The summed E-state index contributed by atoms with van der Waals surface area (Å²) in [5.41, 5.74) is 0.109. The molecule has 1 saturated heterocycles. The van der Waals surface area contributed by atoms with Gasteiger partial charge in [0.1, 0.15) is 0 Å². The maximum Gasteiger partial charge on any atom is 0.0745 e. The summed E-state index contributed by atoms with van der Waals surface area (Å²) in [6.45, 7) is 4.57. The van der Waals surface area contributed by atoms with Crippen LogP contribution in [0.5, 0.6) is 0 Å². The Hall–Kier alpha value is -0.940. The van der Waals surface area contributed by atoms with E-state index < -0.39 is 5.60 Å². The van der Waals surface area contributed by atoms with E-state index in [4.69, 9.17) is 4.74 Å². The summed E-state index contributed by atoms with van der Waals surface area (Å²) in [4.78, 5) is 2.43. The van der Waals surface area contributed by atoms with Gasteiger partial charge in [0.15, 0.2) is 0 Å². The Morgan fingerprint density at radius 2 is 1.71 bits per heavy atom. The first-order valence-electron chi connectivity index (χ1n) is 9.39. The van der Waals surface area contributed by atoms with Crippen LogP contribution in [0.2, 0.25) is 0 Å². The predicted octanol–water partition coefficient (Wildman–Crippen LogP) is 2.33. The molecule has 1 aromatic carbocycles. The van der Waals surface area contributed by atoms with Gasteiger partial charge >= 0.3 is 0 Å². The van der Waals surface area contributed by atoms with Crippen LogP contribution < -0.4 is 0 Å². The molecule has 2 N–H and O–H groups in total. The molecular weight excluding hydrogens is 302 g/mol. The molecule has 1 aromatic rings. The van der Waals surface area contributed by atoms with Gasteiger partial charge in [-0.3, -0.25) is 4.90 Å². The zero-order valence-corrected chi connectivity index (χ0v) is 14.6. The van der Waals surface area contributed by atoms with Crippen molar-refractivity contribution in [1.29, 1.82) is 0 Å². The standard InChI is InChI=1S/C20H31NO3/c22-15-11-19(18-6-2-1-3-7-18,20(23)8-4-5-9-20)10-12-21-13-16-24-17-14-21/h1-3,6-7,22-23H,4-5,8-17H2/t19-/m1/s1. The molecule has 1 heterocycles. The van der Waals surface area contributed by atoms with Crippen LogP contribution in [0.1, 0.15) is 44.1 Å². The Bertz CT molecular complexity index is 495. The van der Waals surface area contributed by atoms with Crippen molar-refractivity contribution in [3.05, 3.63) is 35.9 Å². The first-order chi connectivity index (χ1) is 11.7. The minimum absolute atomic E-state index is 0.111. The summed E-state index contributed by atoms with van der Waals surface area (Å²) in [7, 11) is 0. The van der Waals surface area contributed by atoms with Crippen LogP contribution in [0.3, 0.4) is 0 Å². The van der Waals surface area contributed by atoms with Gasteiger partial charge in [0, 0.05) is 25.1 Å². The van der Waals surface area contributed by atoms with E-state index in [1.165, 1.54) is 5.56 Å². The van der Waals surface area contributed by atoms with Gasteiger partial charge in [-0.2, -0.15) is 0 Å². The molecule has 0 bridgehead atoms. The SMILES string of the molecule is OCC[C@](CCN1CCOCC1)(c1ccccc1)C1(O)CCCC1. The molecule has 1 atom stereocenters. The van der Waals surface area contributed by atoms with Crippen LogP contribution in [0.4, 0.5) is 0 Å². The number of hydrogen-bond donors (Lipinski definition) is 2. The fourth-order valence-corrected chi connectivity index (χ4v) is 4.71. The molecule has 0 spiro atoms. The molecule has 2 aliphatic rings. The highest BCUT2D eigenvalue weighted by Gasteiger charge is 2.51. The van der Waals surface area contributed by atoms with Crippen molar-refractivity contribution in [1.82, 2.24) is 4.90 Å². The van der Waals surface area contributed by atoms with Gasteiger partial charge in [-0.1, -0.05) is 43.2 Å². The summed E-state index contributed by atoms with van der Waals surface area (Å²) < 4.78 is 5.45. The van der Waals surface area contributed by atoms with Crippen molar-refractivity contribution < 1.29 is 14.9 Å². The second-order valence-corrected chi connectivity index (χ2v) is 7.36. The van der Waals surface area contributed by atoms with Crippen molar-refractivity contribution in [2.24, 2.45) is 0 Å². The molecule has 2 fully saturated rings. The summed E-state index contributed by atoms with van der Waals surface area (Å²) in [5.74, 6) is 0. The maximum atomic E-state index is 11.6. The third-order valence-corrected chi connectivity index (χ3v) is 6.14. The molecule has 1 aliphatic carbocycles. The Kier molecular flexibility index (Phi) is 5.93. The lowest BCUT2D eigenvalue weighted by atomic mass is 9.62. The average molecular weight is 333 g/mol. The van der Waals surface area contributed by atoms with Crippen LogP contribution in [-0.2, 0) is 10.2 Å². The minimum Gasteiger partial charge on any atom is -0.396 e. The lowest BCUT2D eigenvalue weighted by molar-refractivity contribution is -0.0560. The molecule has 4 nitrogen and oxygen atoms in total. The van der Waals surface area contributed by atoms with Crippen molar-refractivity contribution in [2.75, 3.05) is 39.5 Å². The highest BCUT2D eigenvalue weighted by Crippen LogP contribution is 2.50. The molecule has 3 rings (SSSR count). The number of morpholine rings is 1. The van der Waals surface area contributed by atoms with Crippen molar-refractivity contribution in [3.8, 4) is 0 Å². The molecule has 1 saturated carbocycles. The van der Waals surface area contributed by atoms with Gasteiger partial charge < -0.3 is 14.9 Å². The number of aliphatic hydroxyl groups excluding tert-OH is 1. The highest BCUT2D eigenvalue weighted by molar-refractivity contribution is 5.31. The number of benzene rings is 1. The minimum atomic E-state index is -0.705. The molecule has 0 unspecified atom stereocenters.